The molecule has 1 fully saturated rings. The van der Waals surface area contributed by atoms with Crippen LogP contribution in [-0.2, 0) is 21.2 Å². The predicted octanol–water partition coefficient (Wildman–Crippen LogP) is 3.49. The fourth-order valence-corrected chi connectivity index (χ4v) is 4.34. The lowest BCUT2D eigenvalue weighted by Crippen LogP contribution is -2.30. The number of para-hydroxylation sites is 2. The number of aliphatic carboxylic acids is 1. The van der Waals surface area contributed by atoms with Crippen LogP contribution in [0.5, 0.6) is 0 Å². The van der Waals surface area contributed by atoms with Crippen LogP contribution in [0.1, 0.15) is 31.2 Å². The molecule has 0 amide bonds. The summed E-state index contributed by atoms with van der Waals surface area (Å²) in [5.41, 5.74) is 2.28. The highest BCUT2D eigenvalue weighted by atomic mass is 32.2. The van der Waals surface area contributed by atoms with Crippen LogP contribution in [0.15, 0.2) is 53.4 Å². The van der Waals surface area contributed by atoms with Crippen LogP contribution in [0.2, 0.25) is 0 Å². The molecule has 27 heavy (non-hydrogen) atoms. The molecule has 144 valence electrons. The third-order valence-corrected chi connectivity index (χ3v) is 6.09. The smallest absolute Gasteiger partial charge is 0.303 e. The van der Waals surface area contributed by atoms with Crippen molar-refractivity contribution in [3.05, 3.63) is 54.1 Å². The first kappa shape index (κ1) is 19.2. The lowest BCUT2D eigenvalue weighted by molar-refractivity contribution is -0.136. The SMILES string of the molecule is O=C(O)CCc1ccc(S(=O)(=O)Nc2ccccc2N2CCCCC2)cc1. The van der Waals surface area contributed by atoms with Gasteiger partial charge in [0.25, 0.3) is 10.0 Å². The van der Waals surface area contributed by atoms with Gasteiger partial charge >= 0.3 is 5.97 Å². The number of nitrogens with zero attached hydrogens (tertiary/aromatic N) is 1. The molecule has 0 aromatic heterocycles. The summed E-state index contributed by atoms with van der Waals surface area (Å²) < 4.78 is 28.3. The molecule has 1 aliphatic heterocycles. The first-order valence-electron chi connectivity index (χ1n) is 9.13. The van der Waals surface area contributed by atoms with E-state index in [9.17, 15) is 13.2 Å². The average molecular weight is 388 g/mol. The maximum Gasteiger partial charge on any atom is 0.303 e. The summed E-state index contributed by atoms with van der Waals surface area (Å²) in [7, 11) is -3.72. The van der Waals surface area contributed by atoms with Crippen LogP contribution in [0.4, 0.5) is 11.4 Å². The second-order valence-corrected chi connectivity index (χ2v) is 8.39. The molecule has 1 saturated heterocycles. The molecule has 0 radical (unpaired) electrons. The Balaban J connectivity index is 1.77. The van der Waals surface area contributed by atoms with Crippen LogP contribution in [0.3, 0.4) is 0 Å². The first-order valence-corrected chi connectivity index (χ1v) is 10.6. The van der Waals surface area contributed by atoms with Crippen molar-refractivity contribution in [3.8, 4) is 0 Å². The zero-order chi connectivity index (χ0) is 19.3. The van der Waals surface area contributed by atoms with Gasteiger partial charge in [0.1, 0.15) is 0 Å². The normalized spacial score (nSPS) is 14.7. The molecule has 0 aliphatic carbocycles. The highest BCUT2D eigenvalue weighted by Crippen LogP contribution is 2.30. The van der Waals surface area contributed by atoms with Gasteiger partial charge in [0.05, 0.1) is 16.3 Å². The third-order valence-electron chi connectivity index (χ3n) is 4.71. The Morgan fingerprint density at radius 1 is 1.00 bits per heavy atom. The zero-order valence-corrected chi connectivity index (χ0v) is 15.9. The zero-order valence-electron chi connectivity index (χ0n) is 15.1. The molecular formula is C20H24N2O4S. The largest absolute Gasteiger partial charge is 0.481 e. The van der Waals surface area contributed by atoms with Crippen LogP contribution in [-0.4, -0.2) is 32.6 Å². The number of hydrogen-bond donors (Lipinski definition) is 2. The monoisotopic (exact) mass is 388 g/mol. The Bertz CT molecular complexity index is 888. The van der Waals surface area contributed by atoms with Gasteiger partial charge in [0.15, 0.2) is 0 Å². The minimum Gasteiger partial charge on any atom is -0.481 e. The number of aryl methyl sites for hydroxylation is 1. The molecule has 1 heterocycles. The lowest BCUT2D eigenvalue weighted by atomic mass is 10.1. The highest BCUT2D eigenvalue weighted by molar-refractivity contribution is 7.92. The van der Waals surface area contributed by atoms with Crippen molar-refractivity contribution >= 4 is 27.4 Å². The van der Waals surface area contributed by atoms with Crippen molar-refractivity contribution in [3.63, 3.8) is 0 Å². The van der Waals surface area contributed by atoms with E-state index >= 15 is 0 Å². The second kappa shape index (κ2) is 8.43. The number of carboxylic acid groups (broad SMARTS) is 1. The van der Waals surface area contributed by atoms with E-state index in [0.29, 0.717) is 12.1 Å². The average Bonchev–Trinajstić information content (AvgIpc) is 2.67. The molecule has 0 bridgehead atoms. The molecule has 2 aromatic rings. The number of rotatable bonds is 7. The summed E-state index contributed by atoms with van der Waals surface area (Å²) >= 11 is 0. The summed E-state index contributed by atoms with van der Waals surface area (Å²) in [6, 6.07) is 13.8. The Hall–Kier alpha value is -2.54. The van der Waals surface area contributed by atoms with E-state index in [-0.39, 0.29) is 11.3 Å². The summed E-state index contributed by atoms with van der Waals surface area (Å²) in [6.45, 7) is 1.86. The third kappa shape index (κ3) is 5.01. The molecule has 1 aliphatic rings. The van der Waals surface area contributed by atoms with E-state index in [0.717, 1.165) is 37.2 Å². The lowest BCUT2D eigenvalue weighted by Gasteiger charge is -2.30. The Kier molecular flexibility index (Phi) is 6.01. The van der Waals surface area contributed by atoms with Crippen molar-refractivity contribution < 1.29 is 18.3 Å². The van der Waals surface area contributed by atoms with Crippen molar-refractivity contribution in [2.75, 3.05) is 22.7 Å². The van der Waals surface area contributed by atoms with Gasteiger partial charge in [0.2, 0.25) is 0 Å². The number of carboxylic acids is 1. The number of carbonyl (C=O) groups is 1. The quantitative estimate of drug-likeness (QED) is 0.758. The Morgan fingerprint density at radius 3 is 2.33 bits per heavy atom. The standard InChI is InChI=1S/C20H24N2O4S/c23-20(24)13-10-16-8-11-17(12-9-16)27(25,26)21-18-6-2-3-7-19(18)22-14-4-1-5-15-22/h2-3,6-9,11-12,21H,1,4-5,10,13-15H2,(H,23,24). The van der Waals surface area contributed by atoms with Crippen molar-refractivity contribution in [1.82, 2.24) is 0 Å². The molecule has 0 spiro atoms. The first-order chi connectivity index (χ1) is 13.0. The number of anilines is 2. The molecule has 0 saturated carbocycles. The van der Waals surface area contributed by atoms with Crippen molar-refractivity contribution in [2.45, 2.75) is 37.0 Å². The van der Waals surface area contributed by atoms with Gasteiger partial charge < -0.3 is 10.0 Å². The van der Waals surface area contributed by atoms with E-state index in [4.69, 9.17) is 5.11 Å². The number of nitrogens with one attached hydrogen (secondary N) is 1. The van der Waals surface area contributed by atoms with E-state index in [1.807, 2.05) is 18.2 Å². The van der Waals surface area contributed by atoms with E-state index < -0.39 is 16.0 Å². The van der Waals surface area contributed by atoms with Crippen molar-refractivity contribution in [2.24, 2.45) is 0 Å². The summed E-state index contributed by atoms with van der Waals surface area (Å²) in [5, 5.41) is 8.75. The van der Waals surface area contributed by atoms with Crippen LogP contribution >= 0.6 is 0 Å². The van der Waals surface area contributed by atoms with Gasteiger partial charge in [-0.2, -0.15) is 0 Å². The van der Waals surface area contributed by atoms with Gasteiger partial charge in [-0.1, -0.05) is 24.3 Å². The molecule has 0 unspecified atom stereocenters. The molecule has 2 N–H and O–H groups in total. The maximum absolute atomic E-state index is 12.8. The maximum atomic E-state index is 12.8. The molecule has 0 atom stereocenters. The summed E-state index contributed by atoms with van der Waals surface area (Å²) in [5.74, 6) is -0.873. The number of piperidine rings is 1. The van der Waals surface area contributed by atoms with Gasteiger partial charge in [0, 0.05) is 19.5 Å². The Labute approximate surface area is 159 Å². The van der Waals surface area contributed by atoms with Gasteiger partial charge in [-0.15, -0.1) is 0 Å². The van der Waals surface area contributed by atoms with Crippen LogP contribution in [0.25, 0.3) is 0 Å². The van der Waals surface area contributed by atoms with Gasteiger partial charge in [-0.05, 0) is 55.5 Å². The van der Waals surface area contributed by atoms with Crippen molar-refractivity contribution in [1.29, 1.82) is 0 Å². The van der Waals surface area contributed by atoms with E-state index in [1.165, 1.54) is 18.6 Å². The topological polar surface area (TPSA) is 86.7 Å². The number of sulfonamides is 1. The van der Waals surface area contributed by atoms with Crippen LogP contribution < -0.4 is 9.62 Å². The highest BCUT2D eigenvalue weighted by Gasteiger charge is 2.19. The second-order valence-electron chi connectivity index (χ2n) is 6.71. The number of benzene rings is 2. The number of hydrogen-bond acceptors (Lipinski definition) is 4. The Morgan fingerprint density at radius 2 is 1.67 bits per heavy atom. The van der Waals surface area contributed by atoms with Gasteiger partial charge in [-0.25, -0.2) is 8.42 Å². The molecule has 7 heteroatoms. The van der Waals surface area contributed by atoms with E-state index in [1.54, 1.807) is 18.2 Å². The van der Waals surface area contributed by atoms with Gasteiger partial charge in [-0.3, -0.25) is 9.52 Å². The molecule has 3 rings (SSSR count). The van der Waals surface area contributed by atoms with Crippen LogP contribution in [0, 0.1) is 0 Å². The summed E-state index contributed by atoms with van der Waals surface area (Å²) in [6.07, 6.45) is 3.82. The minimum absolute atomic E-state index is 0.0214. The fraction of sp³-hybridized carbons (Fsp3) is 0.350. The minimum atomic E-state index is -3.72. The summed E-state index contributed by atoms with van der Waals surface area (Å²) in [4.78, 5) is 13.0. The molecule has 2 aromatic carbocycles. The van der Waals surface area contributed by atoms with E-state index in [2.05, 4.69) is 9.62 Å². The fourth-order valence-electron chi connectivity index (χ4n) is 3.26. The molecular weight excluding hydrogens is 364 g/mol. The predicted molar refractivity (Wildman–Crippen MR) is 106 cm³/mol. The molecule has 6 nitrogen and oxygen atoms in total.